The maximum atomic E-state index is 11.0. The number of nitrogens with zero attached hydrogens (tertiary/aromatic N) is 2. The fraction of sp³-hybridized carbons (Fsp3) is 0. The van der Waals surface area contributed by atoms with Crippen molar-refractivity contribution in [2.45, 2.75) is 0 Å². The third kappa shape index (κ3) is 1.06. The van der Waals surface area contributed by atoms with Gasteiger partial charge in [-0.3, -0.25) is 9.20 Å². The van der Waals surface area contributed by atoms with Crippen molar-refractivity contribution in [1.82, 2.24) is 9.38 Å². The highest BCUT2D eigenvalue weighted by atomic mass is 16.1. The van der Waals surface area contributed by atoms with E-state index in [1.54, 1.807) is 6.20 Å². The van der Waals surface area contributed by atoms with Crippen LogP contribution in [0.15, 0.2) is 42.7 Å². The number of rotatable bonds is 1. The maximum absolute atomic E-state index is 11.0. The number of hydrogen-bond acceptors (Lipinski definition) is 2. The zero-order chi connectivity index (χ0) is 10.3. The molecule has 0 unspecified atom stereocenters. The molecule has 0 radical (unpaired) electrons. The van der Waals surface area contributed by atoms with Gasteiger partial charge in [0.05, 0.1) is 5.52 Å². The molecule has 0 aliphatic rings. The van der Waals surface area contributed by atoms with E-state index in [1.165, 1.54) is 0 Å². The summed E-state index contributed by atoms with van der Waals surface area (Å²) in [7, 11) is 0. The van der Waals surface area contributed by atoms with E-state index in [4.69, 9.17) is 0 Å². The van der Waals surface area contributed by atoms with Crippen molar-refractivity contribution in [2.24, 2.45) is 0 Å². The number of pyridine rings is 1. The summed E-state index contributed by atoms with van der Waals surface area (Å²) in [4.78, 5) is 15.1. The van der Waals surface area contributed by atoms with Crippen LogP contribution < -0.4 is 0 Å². The fourth-order valence-electron chi connectivity index (χ4n) is 1.88. The normalized spacial score (nSPS) is 10.9. The number of aldehydes is 1. The second-order valence-corrected chi connectivity index (χ2v) is 3.39. The van der Waals surface area contributed by atoms with Crippen LogP contribution in [0, 0.1) is 0 Å². The van der Waals surface area contributed by atoms with Gasteiger partial charge in [0.1, 0.15) is 5.65 Å². The minimum atomic E-state index is 0.691. The molecule has 0 amide bonds. The van der Waals surface area contributed by atoms with Gasteiger partial charge in [-0.25, -0.2) is 4.98 Å². The first kappa shape index (κ1) is 8.17. The van der Waals surface area contributed by atoms with Crippen molar-refractivity contribution < 1.29 is 4.79 Å². The predicted molar refractivity (Wildman–Crippen MR) is 58.1 cm³/mol. The van der Waals surface area contributed by atoms with E-state index in [0.717, 1.165) is 22.8 Å². The van der Waals surface area contributed by atoms with Crippen molar-refractivity contribution in [3.63, 3.8) is 0 Å². The summed E-state index contributed by atoms with van der Waals surface area (Å²) in [6.07, 6.45) is 4.47. The molecule has 2 heterocycles. The first-order chi connectivity index (χ1) is 7.40. The molecular formula is C12H8N2O. The Morgan fingerprint density at radius 1 is 1.20 bits per heavy atom. The van der Waals surface area contributed by atoms with Crippen molar-refractivity contribution in [3.05, 3.63) is 48.3 Å². The van der Waals surface area contributed by atoms with Crippen LogP contribution in [0.25, 0.3) is 16.6 Å². The van der Waals surface area contributed by atoms with E-state index in [-0.39, 0.29) is 0 Å². The summed E-state index contributed by atoms with van der Waals surface area (Å²) in [5.41, 5.74) is 2.47. The van der Waals surface area contributed by atoms with Gasteiger partial charge in [-0.2, -0.15) is 0 Å². The Labute approximate surface area is 86.0 Å². The average molecular weight is 196 g/mol. The smallest absolute Gasteiger partial charge is 0.152 e. The SMILES string of the molecule is O=Cc1cccc2ccc3nccn3c12. The van der Waals surface area contributed by atoms with E-state index in [9.17, 15) is 4.79 Å². The average Bonchev–Trinajstić information content (AvgIpc) is 2.76. The van der Waals surface area contributed by atoms with Crippen LogP contribution in [-0.4, -0.2) is 15.7 Å². The molecule has 1 aromatic carbocycles. The van der Waals surface area contributed by atoms with Gasteiger partial charge in [-0.05, 0) is 23.6 Å². The molecule has 15 heavy (non-hydrogen) atoms. The van der Waals surface area contributed by atoms with Crippen molar-refractivity contribution in [2.75, 3.05) is 0 Å². The highest BCUT2D eigenvalue weighted by Crippen LogP contribution is 2.19. The lowest BCUT2D eigenvalue weighted by Crippen LogP contribution is -1.91. The number of hydrogen-bond donors (Lipinski definition) is 0. The molecule has 3 nitrogen and oxygen atoms in total. The monoisotopic (exact) mass is 196 g/mol. The van der Waals surface area contributed by atoms with Gasteiger partial charge in [0.2, 0.25) is 0 Å². The lowest BCUT2D eigenvalue weighted by Gasteiger charge is -2.03. The zero-order valence-corrected chi connectivity index (χ0v) is 7.92. The summed E-state index contributed by atoms with van der Waals surface area (Å²) >= 11 is 0. The molecule has 0 spiro atoms. The summed E-state index contributed by atoms with van der Waals surface area (Å²) < 4.78 is 1.93. The fourth-order valence-corrected chi connectivity index (χ4v) is 1.88. The lowest BCUT2D eigenvalue weighted by molar-refractivity contribution is 0.112. The topological polar surface area (TPSA) is 34.4 Å². The minimum absolute atomic E-state index is 0.691. The summed E-state index contributed by atoms with van der Waals surface area (Å²) in [6.45, 7) is 0. The Balaban J connectivity index is 2.64. The van der Waals surface area contributed by atoms with Gasteiger partial charge in [0.25, 0.3) is 0 Å². The molecule has 0 fully saturated rings. The quantitative estimate of drug-likeness (QED) is 0.559. The van der Waals surface area contributed by atoms with Crippen molar-refractivity contribution in [3.8, 4) is 0 Å². The van der Waals surface area contributed by atoms with Crippen LogP contribution in [0.3, 0.4) is 0 Å². The number of aromatic nitrogens is 2. The minimum Gasteiger partial charge on any atom is -0.299 e. The number of fused-ring (bicyclic) bond motifs is 3. The molecule has 0 saturated carbocycles. The number of para-hydroxylation sites is 1. The van der Waals surface area contributed by atoms with Crippen LogP contribution in [-0.2, 0) is 0 Å². The van der Waals surface area contributed by atoms with E-state index < -0.39 is 0 Å². The van der Waals surface area contributed by atoms with Crippen LogP contribution >= 0.6 is 0 Å². The summed E-state index contributed by atoms with van der Waals surface area (Å²) in [6, 6.07) is 9.60. The molecule has 3 rings (SSSR count). The summed E-state index contributed by atoms with van der Waals surface area (Å²) in [5, 5.41) is 1.05. The predicted octanol–water partition coefficient (Wildman–Crippen LogP) is 2.30. The van der Waals surface area contributed by atoms with E-state index >= 15 is 0 Å². The number of carbonyl (C=O) groups excluding carboxylic acids is 1. The van der Waals surface area contributed by atoms with E-state index in [1.807, 2.05) is 40.9 Å². The molecule has 3 aromatic rings. The van der Waals surface area contributed by atoms with Crippen LogP contribution in [0.5, 0.6) is 0 Å². The molecular weight excluding hydrogens is 188 g/mol. The molecule has 3 heteroatoms. The number of imidazole rings is 1. The molecule has 0 aliphatic heterocycles. The van der Waals surface area contributed by atoms with Gasteiger partial charge < -0.3 is 0 Å². The second kappa shape index (κ2) is 2.92. The molecule has 0 N–H and O–H groups in total. The Kier molecular flexibility index (Phi) is 1.59. The molecule has 0 saturated heterocycles. The maximum Gasteiger partial charge on any atom is 0.152 e. The first-order valence-electron chi connectivity index (χ1n) is 4.70. The van der Waals surface area contributed by atoms with E-state index in [2.05, 4.69) is 4.98 Å². The van der Waals surface area contributed by atoms with Gasteiger partial charge in [0.15, 0.2) is 6.29 Å². The second-order valence-electron chi connectivity index (χ2n) is 3.39. The van der Waals surface area contributed by atoms with Gasteiger partial charge in [-0.1, -0.05) is 12.1 Å². The van der Waals surface area contributed by atoms with E-state index in [0.29, 0.717) is 5.56 Å². The van der Waals surface area contributed by atoms with Crippen molar-refractivity contribution in [1.29, 1.82) is 0 Å². The Morgan fingerprint density at radius 3 is 3.00 bits per heavy atom. The van der Waals surface area contributed by atoms with Crippen LogP contribution in [0.2, 0.25) is 0 Å². The highest BCUT2D eigenvalue weighted by molar-refractivity contribution is 5.96. The molecule has 0 atom stereocenters. The van der Waals surface area contributed by atoms with Crippen LogP contribution in [0.4, 0.5) is 0 Å². The largest absolute Gasteiger partial charge is 0.299 e. The molecule has 0 bridgehead atoms. The van der Waals surface area contributed by atoms with Gasteiger partial charge in [-0.15, -0.1) is 0 Å². The molecule has 72 valence electrons. The Hall–Kier alpha value is -2.16. The Morgan fingerprint density at radius 2 is 2.13 bits per heavy atom. The zero-order valence-electron chi connectivity index (χ0n) is 7.92. The number of carbonyl (C=O) groups is 1. The first-order valence-corrected chi connectivity index (χ1v) is 4.70. The molecule has 0 aliphatic carbocycles. The van der Waals surface area contributed by atoms with Gasteiger partial charge >= 0.3 is 0 Å². The summed E-state index contributed by atoms with van der Waals surface area (Å²) in [5.74, 6) is 0. The number of benzene rings is 1. The van der Waals surface area contributed by atoms with Crippen molar-refractivity contribution >= 4 is 22.8 Å². The van der Waals surface area contributed by atoms with Gasteiger partial charge in [0, 0.05) is 18.0 Å². The lowest BCUT2D eigenvalue weighted by atomic mass is 10.1. The highest BCUT2D eigenvalue weighted by Gasteiger charge is 2.04. The standard InChI is InChI=1S/C12H8N2O/c15-8-10-3-1-2-9-4-5-11-13-6-7-14(11)12(9)10/h1-8H. The third-order valence-corrected chi connectivity index (χ3v) is 2.55. The third-order valence-electron chi connectivity index (χ3n) is 2.55. The van der Waals surface area contributed by atoms with Crippen LogP contribution in [0.1, 0.15) is 10.4 Å². The Bertz CT molecular complexity index is 655. The molecule has 2 aromatic heterocycles.